The number of aromatic nitrogens is 1. The van der Waals surface area contributed by atoms with E-state index in [1.165, 1.54) is 12.3 Å². The number of nitrogens with two attached hydrogens (primary N) is 1. The first-order chi connectivity index (χ1) is 8.04. The first kappa shape index (κ1) is 13.7. The van der Waals surface area contributed by atoms with Gasteiger partial charge in [-0.15, -0.1) is 0 Å². The van der Waals surface area contributed by atoms with E-state index in [1.54, 1.807) is 6.92 Å². The number of rotatable bonds is 5. The minimum Gasteiger partial charge on any atom is -0.476 e. The Balaban J connectivity index is 2.82. The Morgan fingerprint density at radius 3 is 2.94 bits per heavy atom. The lowest BCUT2D eigenvalue weighted by molar-refractivity contribution is 0.0526. The first-order valence-electron chi connectivity index (χ1n) is 5.25. The molecule has 0 bridgehead atoms. The first-order valence-corrected chi connectivity index (χ1v) is 5.63. The number of esters is 1. The minimum absolute atomic E-state index is 0.112. The molecule has 0 saturated heterocycles. The van der Waals surface area contributed by atoms with Gasteiger partial charge in [0.1, 0.15) is 6.61 Å². The van der Waals surface area contributed by atoms with Crippen molar-refractivity contribution in [2.75, 3.05) is 13.2 Å². The molecular weight excluding hydrogens is 244 g/mol. The number of pyridine rings is 1. The average molecular weight is 259 g/mol. The van der Waals surface area contributed by atoms with E-state index in [1.807, 2.05) is 6.92 Å². The molecule has 1 heterocycles. The average Bonchev–Trinajstić information content (AvgIpc) is 2.28. The van der Waals surface area contributed by atoms with Gasteiger partial charge in [0.15, 0.2) is 0 Å². The molecule has 5 nitrogen and oxygen atoms in total. The summed E-state index contributed by atoms with van der Waals surface area (Å²) in [6, 6.07) is 1.33. The van der Waals surface area contributed by atoms with Gasteiger partial charge in [0.05, 0.1) is 23.4 Å². The van der Waals surface area contributed by atoms with Gasteiger partial charge in [-0.05, 0) is 13.8 Å². The largest absolute Gasteiger partial charge is 0.476 e. The number of ether oxygens (including phenoxy) is 2. The standard InChI is InChI=1S/C11H15ClN2O3/c1-3-16-11(15)8-4-10(14-5-9(8)12)17-6-7(2)13/h4-5,7H,3,6,13H2,1-2H3. The summed E-state index contributed by atoms with van der Waals surface area (Å²) in [6.07, 6.45) is 1.35. The molecule has 6 heteroatoms. The van der Waals surface area contributed by atoms with Crippen molar-refractivity contribution in [2.45, 2.75) is 19.9 Å². The predicted octanol–water partition coefficient (Wildman–Crippen LogP) is 1.64. The molecule has 94 valence electrons. The van der Waals surface area contributed by atoms with Gasteiger partial charge < -0.3 is 15.2 Å². The third kappa shape index (κ3) is 4.20. The molecule has 0 aliphatic rings. The summed E-state index contributed by atoms with van der Waals surface area (Å²) in [7, 11) is 0. The second-order valence-electron chi connectivity index (χ2n) is 3.51. The maximum Gasteiger partial charge on any atom is 0.339 e. The molecule has 1 atom stereocenters. The number of nitrogens with zero attached hydrogens (tertiary/aromatic N) is 1. The molecule has 0 aliphatic carbocycles. The zero-order valence-electron chi connectivity index (χ0n) is 9.77. The van der Waals surface area contributed by atoms with Crippen LogP contribution in [0, 0.1) is 0 Å². The van der Waals surface area contributed by atoms with Gasteiger partial charge >= 0.3 is 5.97 Å². The Kier molecular flexibility index (Phi) is 5.18. The summed E-state index contributed by atoms with van der Waals surface area (Å²) in [5.41, 5.74) is 5.78. The Morgan fingerprint density at radius 1 is 1.65 bits per heavy atom. The maximum absolute atomic E-state index is 11.5. The van der Waals surface area contributed by atoms with Gasteiger partial charge in [0.2, 0.25) is 5.88 Å². The lowest BCUT2D eigenvalue weighted by Gasteiger charge is -2.09. The van der Waals surface area contributed by atoms with E-state index in [9.17, 15) is 4.79 Å². The summed E-state index contributed by atoms with van der Waals surface area (Å²) in [5, 5.41) is 0.233. The Morgan fingerprint density at radius 2 is 2.35 bits per heavy atom. The highest BCUT2D eigenvalue weighted by Crippen LogP contribution is 2.20. The Bertz CT molecular complexity index is 396. The molecule has 0 saturated carbocycles. The van der Waals surface area contributed by atoms with Crippen LogP contribution < -0.4 is 10.5 Å². The van der Waals surface area contributed by atoms with E-state index in [0.29, 0.717) is 12.5 Å². The fourth-order valence-electron chi connectivity index (χ4n) is 1.08. The van der Waals surface area contributed by atoms with Crippen LogP contribution in [-0.2, 0) is 4.74 Å². The topological polar surface area (TPSA) is 74.4 Å². The zero-order chi connectivity index (χ0) is 12.8. The molecule has 0 amide bonds. The fourth-order valence-corrected chi connectivity index (χ4v) is 1.26. The van der Waals surface area contributed by atoms with Gasteiger partial charge in [0, 0.05) is 12.1 Å². The van der Waals surface area contributed by atoms with Crippen LogP contribution in [-0.4, -0.2) is 30.2 Å². The normalized spacial score (nSPS) is 12.0. The smallest absolute Gasteiger partial charge is 0.339 e. The van der Waals surface area contributed by atoms with Crippen LogP contribution in [0.3, 0.4) is 0 Å². The third-order valence-corrected chi connectivity index (χ3v) is 2.12. The summed E-state index contributed by atoms with van der Waals surface area (Å²) in [4.78, 5) is 15.5. The highest BCUT2D eigenvalue weighted by Gasteiger charge is 2.13. The van der Waals surface area contributed by atoms with Crippen molar-refractivity contribution in [1.82, 2.24) is 4.98 Å². The SMILES string of the molecule is CCOC(=O)c1cc(OCC(C)N)ncc1Cl. The van der Waals surface area contributed by atoms with E-state index in [0.717, 1.165) is 0 Å². The molecule has 1 aromatic heterocycles. The number of carbonyl (C=O) groups is 1. The molecule has 0 fully saturated rings. The van der Waals surface area contributed by atoms with Crippen molar-refractivity contribution < 1.29 is 14.3 Å². The maximum atomic E-state index is 11.5. The summed E-state index contributed by atoms with van der Waals surface area (Å²) >= 11 is 5.85. The van der Waals surface area contributed by atoms with E-state index in [2.05, 4.69) is 4.98 Å². The molecule has 0 radical (unpaired) electrons. The van der Waals surface area contributed by atoms with Gasteiger partial charge in [0.25, 0.3) is 0 Å². The van der Waals surface area contributed by atoms with Crippen molar-refractivity contribution in [3.05, 3.63) is 22.8 Å². The zero-order valence-corrected chi connectivity index (χ0v) is 10.5. The quantitative estimate of drug-likeness (QED) is 0.813. The van der Waals surface area contributed by atoms with Crippen LogP contribution in [0.4, 0.5) is 0 Å². The van der Waals surface area contributed by atoms with Crippen LogP contribution in [0.5, 0.6) is 5.88 Å². The van der Waals surface area contributed by atoms with Gasteiger partial charge in [-0.25, -0.2) is 9.78 Å². The Labute approximate surface area is 105 Å². The fraction of sp³-hybridized carbons (Fsp3) is 0.455. The van der Waals surface area contributed by atoms with E-state index in [4.69, 9.17) is 26.8 Å². The van der Waals surface area contributed by atoms with Crippen LogP contribution >= 0.6 is 11.6 Å². The van der Waals surface area contributed by atoms with Crippen LogP contribution in [0.25, 0.3) is 0 Å². The minimum atomic E-state index is -0.495. The van der Waals surface area contributed by atoms with Gasteiger partial charge in [-0.2, -0.15) is 0 Å². The highest BCUT2D eigenvalue weighted by molar-refractivity contribution is 6.33. The van der Waals surface area contributed by atoms with Gasteiger partial charge in [-0.3, -0.25) is 0 Å². The molecule has 17 heavy (non-hydrogen) atoms. The second-order valence-corrected chi connectivity index (χ2v) is 3.92. The highest BCUT2D eigenvalue weighted by atomic mass is 35.5. The number of halogens is 1. The molecular formula is C11H15ClN2O3. The summed E-state index contributed by atoms with van der Waals surface area (Å²) < 4.78 is 10.1. The summed E-state index contributed by atoms with van der Waals surface area (Å²) in [5.74, 6) is -0.194. The molecule has 0 aromatic carbocycles. The lowest BCUT2D eigenvalue weighted by Crippen LogP contribution is -2.24. The molecule has 1 aromatic rings. The van der Waals surface area contributed by atoms with E-state index in [-0.39, 0.29) is 23.2 Å². The van der Waals surface area contributed by atoms with E-state index >= 15 is 0 Å². The number of carbonyl (C=O) groups excluding carboxylic acids is 1. The number of hydrogen-bond donors (Lipinski definition) is 1. The van der Waals surface area contributed by atoms with Crippen molar-refractivity contribution in [3.8, 4) is 5.88 Å². The molecule has 0 aliphatic heterocycles. The lowest BCUT2D eigenvalue weighted by atomic mass is 10.2. The van der Waals surface area contributed by atoms with Crippen molar-refractivity contribution in [3.63, 3.8) is 0 Å². The van der Waals surface area contributed by atoms with Crippen LogP contribution in [0.2, 0.25) is 5.02 Å². The van der Waals surface area contributed by atoms with Crippen LogP contribution in [0.1, 0.15) is 24.2 Å². The molecule has 1 unspecified atom stereocenters. The summed E-state index contributed by atoms with van der Waals surface area (Å²) in [6.45, 7) is 4.13. The monoisotopic (exact) mass is 258 g/mol. The molecule has 0 spiro atoms. The van der Waals surface area contributed by atoms with Crippen molar-refractivity contribution >= 4 is 17.6 Å². The molecule has 2 N–H and O–H groups in total. The van der Waals surface area contributed by atoms with Gasteiger partial charge in [-0.1, -0.05) is 11.6 Å². The third-order valence-electron chi connectivity index (χ3n) is 1.82. The predicted molar refractivity (Wildman–Crippen MR) is 64.3 cm³/mol. The number of hydrogen-bond acceptors (Lipinski definition) is 5. The van der Waals surface area contributed by atoms with Crippen LogP contribution in [0.15, 0.2) is 12.3 Å². The van der Waals surface area contributed by atoms with E-state index < -0.39 is 5.97 Å². The molecule has 1 rings (SSSR count). The Hall–Kier alpha value is -1.33. The van der Waals surface area contributed by atoms with Crippen molar-refractivity contribution in [2.24, 2.45) is 5.73 Å². The van der Waals surface area contributed by atoms with Crippen molar-refractivity contribution in [1.29, 1.82) is 0 Å². The second kappa shape index (κ2) is 6.42.